The van der Waals surface area contributed by atoms with Gasteiger partial charge in [0.05, 0.1) is 17.9 Å². The third-order valence-electron chi connectivity index (χ3n) is 4.46. The van der Waals surface area contributed by atoms with Crippen molar-refractivity contribution in [1.29, 1.82) is 0 Å². The highest BCUT2D eigenvalue weighted by Gasteiger charge is 2.24. The number of benzene rings is 2. The zero-order chi connectivity index (χ0) is 17.9. The molecule has 2 aromatic heterocycles. The van der Waals surface area contributed by atoms with Crippen molar-refractivity contribution in [2.75, 3.05) is 6.54 Å². The Balaban J connectivity index is 2.02. The average molecular weight is 453 g/mol. The molecule has 0 radical (unpaired) electrons. The van der Waals surface area contributed by atoms with Crippen molar-refractivity contribution in [3.8, 4) is 11.3 Å². The van der Waals surface area contributed by atoms with Crippen LogP contribution in [0.4, 0.5) is 0 Å². The Labute approximate surface area is 165 Å². The Morgan fingerprint density at radius 3 is 2.35 bits per heavy atom. The average Bonchev–Trinajstić information content (AvgIpc) is 3.06. The largest absolute Gasteiger partial charge is 0.302 e. The zero-order valence-electron chi connectivity index (χ0n) is 13.9. The lowest BCUT2D eigenvalue weighted by atomic mass is 9.92. The van der Waals surface area contributed by atoms with E-state index in [1.807, 2.05) is 72.8 Å². The molecular formula is C21H16IN3O. The molecule has 0 aliphatic heterocycles. The minimum Gasteiger partial charge on any atom is -0.302 e. The first-order valence-corrected chi connectivity index (χ1v) is 9.43. The Morgan fingerprint density at radius 2 is 1.65 bits per heavy atom. The van der Waals surface area contributed by atoms with Gasteiger partial charge in [-0.2, -0.15) is 4.91 Å². The summed E-state index contributed by atoms with van der Waals surface area (Å²) in [5.41, 5.74) is 4.85. The second-order valence-electron chi connectivity index (χ2n) is 6.06. The van der Waals surface area contributed by atoms with E-state index in [4.69, 9.17) is 4.98 Å². The minimum atomic E-state index is -0.155. The van der Waals surface area contributed by atoms with Gasteiger partial charge in [-0.25, -0.2) is 4.98 Å². The van der Waals surface area contributed by atoms with Crippen molar-refractivity contribution < 1.29 is 0 Å². The summed E-state index contributed by atoms with van der Waals surface area (Å²) in [6, 6.07) is 24.2. The van der Waals surface area contributed by atoms with E-state index in [9.17, 15) is 4.91 Å². The summed E-state index contributed by atoms with van der Waals surface area (Å²) in [6.45, 7) is 0.170. The predicted molar refractivity (Wildman–Crippen MR) is 112 cm³/mol. The number of nitrogens with zero attached hydrogens (tertiary/aromatic N) is 3. The molecule has 5 heteroatoms. The molecular weight excluding hydrogens is 437 g/mol. The monoisotopic (exact) mass is 453 g/mol. The van der Waals surface area contributed by atoms with Crippen LogP contribution in [0.3, 0.4) is 0 Å². The van der Waals surface area contributed by atoms with Gasteiger partial charge in [0.25, 0.3) is 0 Å². The van der Waals surface area contributed by atoms with E-state index in [0.29, 0.717) is 0 Å². The SMILES string of the molecule is O=NCC(c1ccccc1)c1c(-c2ccccc2)nc2ccc(I)cn12. The quantitative estimate of drug-likeness (QED) is 0.296. The molecule has 0 saturated carbocycles. The van der Waals surface area contributed by atoms with E-state index < -0.39 is 0 Å². The maximum atomic E-state index is 11.3. The van der Waals surface area contributed by atoms with Crippen LogP contribution in [-0.2, 0) is 0 Å². The van der Waals surface area contributed by atoms with Crippen molar-refractivity contribution >= 4 is 28.2 Å². The number of aromatic nitrogens is 2. The van der Waals surface area contributed by atoms with Gasteiger partial charge >= 0.3 is 0 Å². The number of hydrogen-bond donors (Lipinski definition) is 0. The van der Waals surface area contributed by atoms with Crippen molar-refractivity contribution in [3.05, 3.63) is 98.7 Å². The second-order valence-corrected chi connectivity index (χ2v) is 7.31. The zero-order valence-corrected chi connectivity index (χ0v) is 16.1. The molecule has 128 valence electrons. The molecule has 26 heavy (non-hydrogen) atoms. The smallest absolute Gasteiger partial charge is 0.137 e. The molecule has 0 fully saturated rings. The number of fused-ring (bicyclic) bond motifs is 1. The van der Waals surface area contributed by atoms with Crippen LogP contribution in [0, 0.1) is 8.48 Å². The minimum absolute atomic E-state index is 0.155. The van der Waals surface area contributed by atoms with Gasteiger partial charge in [-0.1, -0.05) is 65.8 Å². The lowest BCUT2D eigenvalue weighted by molar-refractivity contribution is 0.776. The van der Waals surface area contributed by atoms with E-state index >= 15 is 0 Å². The fourth-order valence-corrected chi connectivity index (χ4v) is 3.75. The van der Waals surface area contributed by atoms with Crippen molar-refractivity contribution in [2.45, 2.75) is 5.92 Å². The maximum absolute atomic E-state index is 11.3. The molecule has 0 amide bonds. The van der Waals surface area contributed by atoms with E-state index in [1.54, 1.807) is 0 Å². The molecule has 1 unspecified atom stereocenters. The number of hydrogen-bond acceptors (Lipinski definition) is 3. The van der Waals surface area contributed by atoms with Crippen molar-refractivity contribution in [2.24, 2.45) is 5.18 Å². The van der Waals surface area contributed by atoms with Crippen LogP contribution in [0.1, 0.15) is 17.2 Å². The molecule has 2 aromatic carbocycles. The third-order valence-corrected chi connectivity index (χ3v) is 5.09. The van der Waals surface area contributed by atoms with Crippen LogP contribution in [0.2, 0.25) is 0 Å². The lowest BCUT2D eigenvalue weighted by Gasteiger charge is -2.16. The Kier molecular flexibility index (Phi) is 4.79. The predicted octanol–water partition coefficient (Wildman–Crippen LogP) is 5.50. The van der Waals surface area contributed by atoms with Gasteiger partial charge in [-0.15, -0.1) is 0 Å². The normalized spacial score (nSPS) is 12.2. The molecule has 2 heterocycles. The molecule has 0 aliphatic carbocycles. The summed E-state index contributed by atoms with van der Waals surface area (Å²) >= 11 is 2.29. The summed E-state index contributed by atoms with van der Waals surface area (Å²) in [5.74, 6) is -0.155. The maximum Gasteiger partial charge on any atom is 0.137 e. The lowest BCUT2D eigenvalue weighted by Crippen LogP contribution is -2.09. The summed E-state index contributed by atoms with van der Waals surface area (Å²) in [4.78, 5) is 16.1. The number of nitroso groups, excluding NO2 is 1. The Hall–Kier alpha value is -2.54. The van der Waals surface area contributed by atoms with Crippen molar-refractivity contribution in [3.63, 3.8) is 0 Å². The summed E-state index contributed by atoms with van der Waals surface area (Å²) < 4.78 is 3.20. The van der Waals surface area contributed by atoms with Gasteiger partial charge in [-0.05, 0) is 40.3 Å². The summed E-state index contributed by atoms with van der Waals surface area (Å²) in [5, 5.41) is 3.24. The fraction of sp³-hybridized carbons (Fsp3) is 0.0952. The Morgan fingerprint density at radius 1 is 0.962 bits per heavy atom. The molecule has 0 saturated heterocycles. The number of rotatable bonds is 5. The first-order valence-electron chi connectivity index (χ1n) is 8.35. The van der Waals surface area contributed by atoms with Gasteiger partial charge in [0.1, 0.15) is 5.65 Å². The Bertz CT molecular complexity index is 1040. The van der Waals surface area contributed by atoms with Crippen LogP contribution >= 0.6 is 22.6 Å². The molecule has 0 N–H and O–H groups in total. The van der Waals surface area contributed by atoms with Gasteiger partial charge in [0.15, 0.2) is 0 Å². The second kappa shape index (κ2) is 7.37. The summed E-state index contributed by atoms with van der Waals surface area (Å²) in [6.07, 6.45) is 2.06. The van der Waals surface area contributed by atoms with Gasteiger partial charge in [0.2, 0.25) is 0 Å². The topological polar surface area (TPSA) is 46.7 Å². The van der Waals surface area contributed by atoms with Gasteiger partial charge in [0, 0.05) is 21.2 Å². The van der Waals surface area contributed by atoms with Crippen molar-refractivity contribution in [1.82, 2.24) is 9.38 Å². The highest BCUT2D eigenvalue weighted by molar-refractivity contribution is 14.1. The first kappa shape index (κ1) is 16.9. The number of imidazole rings is 1. The molecule has 1 atom stereocenters. The highest BCUT2D eigenvalue weighted by atomic mass is 127. The summed E-state index contributed by atoms with van der Waals surface area (Å²) in [7, 11) is 0. The molecule has 0 bridgehead atoms. The van der Waals surface area contributed by atoms with E-state index in [2.05, 4.69) is 38.4 Å². The van der Waals surface area contributed by atoms with Crippen LogP contribution < -0.4 is 0 Å². The third kappa shape index (κ3) is 3.14. The van der Waals surface area contributed by atoms with Crippen LogP contribution in [0.25, 0.3) is 16.9 Å². The number of pyridine rings is 1. The van der Waals surface area contributed by atoms with E-state index in [0.717, 1.165) is 31.7 Å². The molecule has 4 aromatic rings. The first-order chi connectivity index (χ1) is 12.8. The fourth-order valence-electron chi connectivity index (χ4n) is 3.29. The van der Waals surface area contributed by atoms with Gasteiger partial charge < -0.3 is 4.40 Å². The molecule has 0 spiro atoms. The standard InChI is InChI=1S/C21H16IN3O/c22-17-11-12-19-24-20(16-9-5-2-6-10-16)21(25(19)14-17)18(13-23-26)15-7-3-1-4-8-15/h1-12,14,18H,13H2. The highest BCUT2D eigenvalue weighted by Crippen LogP contribution is 2.34. The van der Waals surface area contributed by atoms with Crippen LogP contribution in [0.5, 0.6) is 0 Å². The van der Waals surface area contributed by atoms with E-state index in [-0.39, 0.29) is 12.5 Å². The van der Waals surface area contributed by atoms with Crippen LogP contribution in [-0.4, -0.2) is 15.9 Å². The molecule has 0 aliphatic rings. The van der Waals surface area contributed by atoms with Crippen LogP contribution in [0.15, 0.2) is 84.2 Å². The number of halogens is 1. The van der Waals surface area contributed by atoms with E-state index in [1.165, 1.54) is 0 Å². The molecule has 4 nitrogen and oxygen atoms in total. The van der Waals surface area contributed by atoms with Gasteiger partial charge in [-0.3, -0.25) is 0 Å². The molecule has 4 rings (SSSR count).